The van der Waals surface area contributed by atoms with Crippen molar-refractivity contribution in [2.75, 3.05) is 6.61 Å². The van der Waals surface area contributed by atoms with Crippen molar-refractivity contribution in [1.29, 1.82) is 0 Å². The quantitative estimate of drug-likeness (QED) is 0.785. The Bertz CT molecular complexity index is 587. The topological polar surface area (TPSA) is 102 Å². The second-order valence-corrected chi connectivity index (χ2v) is 5.25. The molecule has 0 aliphatic rings. The van der Waals surface area contributed by atoms with Gasteiger partial charge in [0.1, 0.15) is 6.54 Å². The van der Waals surface area contributed by atoms with Gasteiger partial charge in [-0.1, -0.05) is 0 Å². The van der Waals surface area contributed by atoms with E-state index in [2.05, 4.69) is 15.9 Å². The van der Waals surface area contributed by atoms with Gasteiger partial charge in [0.25, 0.3) is 5.56 Å². The van der Waals surface area contributed by atoms with E-state index in [0.29, 0.717) is 0 Å². The summed E-state index contributed by atoms with van der Waals surface area (Å²) in [5.41, 5.74) is -2.50. The van der Waals surface area contributed by atoms with E-state index in [9.17, 15) is 19.5 Å². The van der Waals surface area contributed by atoms with Gasteiger partial charge >= 0.3 is 11.7 Å². The van der Waals surface area contributed by atoms with E-state index < -0.39 is 35.9 Å². The van der Waals surface area contributed by atoms with Crippen LogP contribution in [-0.4, -0.2) is 31.9 Å². The smallest absolute Gasteiger partial charge is 0.332 e. The highest BCUT2D eigenvalue weighted by Gasteiger charge is 2.25. The van der Waals surface area contributed by atoms with Crippen molar-refractivity contribution in [3.8, 4) is 0 Å². The van der Waals surface area contributed by atoms with Gasteiger partial charge in [0.05, 0.1) is 16.6 Å². The molecule has 0 spiro atoms. The van der Waals surface area contributed by atoms with Crippen molar-refractivity contribution in [2.24, 2.45) is 0 Å². The average Bonchev–Trinajstić information content (AvgIpc) is 2.25. The maximum atomic E-state index is 12.0. The number of nitrogens with zero attached hydrogens (tertiary/aromatic N) is 2. The molecule has 0 bridgehead atoms. The summed E-state index contributed by atoms with van der Waals surface area (Å²) >= 11 is 2.98. The highest BCUT2D eigenvalue weighted by atomic mass is 79.9. The van der Waals surface area contributed by atoms with Gasteiger partial charge in [0.2, 0.25) is 0 Å². The van der Waals surface area contributed by atoms with Crippen molar-refractivity contribution < 1.29 is 15.0 Å². The third-order valence-electron chi connectivity index (χ3n) is 2.41. The van der Waals surface area contributed by atoms with Gasteiger partial charge in [-0.3, -0.25) is 18.7 Å². The van der Waals surface area contributed by atoms with Crippen LogP contribution >= 0.6 is 15.9 Å². The number of aliphatic hydroxyl groups is 1. The second kappa shape index (κ2) is 5.07. The largest absolute Gasteiger partial charge is 0.480 e. The molecule has 1 heterocycles. The van der Waals surface area contributed by atoms with Gasteiger partial charge < -0.3 is 10.2 Å². The van der Waals surface area contributed by atoms with Crippen molar-refractivity contribution in [1.82, 2.24) is 9.13 Å². The SMILES string of the molecule is CC(C)(CO)n1c(=O)c(Br)cn(CC(=O)O)c1=O. The summed E-state index contributed by atoms with van der Waals surface area (Å²) < 4.78 is 1.79. The van der Waals surface area contributed by atoms with Crippen LogP contribution in [0.2, 0.25) is 0 Å². The van der Waals surface area contributed by atoms with Crippen LogP contribution in [0, 0.1) is 0 Å². The number of aliphatic carboxylic acids is 1. The number of hydrogen-bond donors (Lipinski definition) is 2. The van der Waals surface area contributed by atoms with Gasteiger partial charge in [-0.15, -0.1) is 0 Å². The number of rotatable bonds is 4. The van der Waals surface area contributed by atoms with E-state index >= 15 is 0 Å². The normalized spacial score (nSPS) is 11.6. The first-order valence-corrected chi connectivity index (χ1v) is 5.85. The van der Waals surface area contributed by atoms with Crippen molar-refractivity contribution in [2.45, 2.75) is 25.9 Å². The van der Waals surface area contributed by atoms with Crippen LogP contribution in [0.4, 0.5) is 0 Å². The van der Waals surface area contributed by atoms with Crippen LogP contribution in [0.25, 0.3) is 0 Å². The number of aromatic nitrogens is 2. The molecule has 0 radical (unpaired) electrons. The monoisotopic (exact) mass is 320 g/mol. The van der Waals surface area contributed by atoms with Crippen molar-refractivity contribution >= 4 is 21.9 Å². The minimum atomic E-state index is -1.20. The summed E-state index contributed by atoms with van der Waals surface area (Å²) in [7, 11) is 0. The molecule has 0 aromatic carbocycles. The Kier molecular flexibility index (Phi) is 4.12. The number of carboxylic acid groups (broad SMARTS) is 1. The molecule has 7 nitrogen and oxygen atoms in total. The van der Waals surface area contributed by atoms with E-state index in [0.717, 1.165) is 15.3 Å². The van der Waals surface area contributed by atoms with E-state index in [-0.39, 0.29) is 4.47 Å². The average molecular weight is 321 g/mol. The molecular formula is C10H13BrN2O5. The maximum Gasteiger partial charge on any atom is 0.332 e. The Hall–Kier alpha value is -1.41. The van der Waals surface area contributed by atoms with Crippen molar-refractivity contribution in [3.05, 3.63) is 31.5 Å². The lowest BCUT2D eigenvalue weighted by Gasteiger charge is -2.24. The van der Waals surface area contributed by atoms with Gasteiger partial charge in [0.15, 0.2) is 0 Å². The zero-order valence-electron chi connectivity index (χ0n) is 9.88. The molecule has 100 valence electrons. The highest BCUT2D eigenvalue weighted by Crippen LogP contribution is 2.10. The first-order valence-electron chi connectivity index (χ1n) is 5.06. The first-order chi connectivity index (χ1) is 8.20. The molecule has 8 heteroatoms. The Balaban J connectivity index is 3.61. The molecule has 0 unspecified atom stereocenters. The van der Waals surface area contributed by atoms with Crippen LogP contribution in [0.5, 0.6) is 0 Å². The summed E-state index contributed by atoms with van der Waals surface area (Å²) in [4.78, 5) is 34.5. The molecule has 0 aliphatic heterocycles. The maximum absolute atomic E-state index is 12.0. The number of halogens is 1. The van der Waals surface area contributed by atoms with Gasteiger partial charge in [-0.05, 0) is 29.8 Å². The number of hydrogen-bond acceptors (Lipinski definition) is 4. The zero-order valence-corrected chi connectivity index (χ0v) is 11.5. The molecule has 1 rings (SSSR count). The molecule has 18 heavy (non-hydrogen) atoms. The van der Waals surface area contributed by atoms with E-state index in [1.807, 2.05) is 0 Å². The minimum Gasteiger partial charge on any atom is -0.480 e. The molecule has 0 saturated carbocycles. The number of aliphatic hydroxyl groups excluding tert-OH is 1. The standard InChI is InChI=1S/C10H13BrN2O5/c1-10(2,5-14)13-8(17)6(11)3-12(9(13)18)4-7(15)16/h3,14H,4-5H2,1-2H3,(H,15,16). The zero-order chi connectivity index (χ0) is 14.1. The van der Waals surface area contributed by atoms with E-state index in [4.69, 9.17) is 5.11 Å². The first kappa shape index (κ1) is 14.7. The Morgan fingerprint density at radius 3 is 2.44 bits per heavy atom. The summed E-state index contributed by atoms with van der Waals surface area (Å²) in [6.45, 7) is 2.03. The van der Waals surface area contributed by atoms with Crippen LogP contribution in [-0.2, 0) is 16.9 Å². The van der Waals surface area contributed by atoms with Gasteiger partial charge in [-0.2, -0.15) is 0 Å². The highest BCUT2D eigenvalue weighted by molar-refractivity contribution is 9.10. The van der Waals surface area contributed by atoms with Gasteiger partial charge in [-0.25, -0.2) is 4.79 Å². The lowest BCUT2D eigenvalue weighted by Crippen LogP contribution is -2.51. The van der Waals surface area contributed by atoms with Crippen LogP contribution in [0.15, 0.2) is 20.3 Å². The molecule has 0 amide bonds. The fraction of sp³-hybridized carbons (Fsp3) is 0.500. The molecule has 0 saturated heterocycles. The summed E-state index contributed by atoms with van der Waals surface area (Å²) in [5, 5.41) is 17.9. The summed E-state index contributed by atoms with van der Waals surface area (Å²) in [5.74, 6) is -1.20. The molecule has 0 fully saturated rings. The van der Waals surface area contributed by atoms with E-state index in [1.54, 1.807) is 0 Å². The Morgan fingerprint density at radius 2 is 2.00 bits per heavy atom. The number of carbonyl (C=O) groups is 1. The second-order valence-electron chi connectivity index (χ2n) is 4.39. The van der Waals surface area contributed by atoms with Crippen LogP contribution < -0.4 is 11.2 Å². The lowest BCUT2D eigenvalue weighted by molar-refractivity contribution is -0.137. The molecular weight excluding hydrogens is 308 g/mol. The fourth-order valence-electron chi connectivity index (χ4n) is 1.43. The fourth-order valence-corrected chi connectivity index (χ4v) is 1.86. The summed E-state index contributed by atoms with van der Waals surface area (Å²) in [6.07, 6.45) is 1.13. The van der Waals surface area contributed by atoms with Crippen LogP contribution in [0.1, 0.15) is 13.8 Å². The molecule has 2 N–H and O–H groups in total. The molecule has 1 aromatic rings. The lowest BCUT2D eigenvalue weighted by atomic mass is 10.1. The molecule has 0 atom stereocenters. The predicted molar refractivity (Wildman–Crippen MR) is 66.7 cm³/mol. The summed E-state index contributed by atoms with van der Waals surface area (Å²) in [6, 6.07) is 0. The van der Waals surface area contributed by atoms with Crippen LogP contribution in [0.3, 0.4) is 0 Å². The molecule has 0 aliphatic carbocycles. The third-order valence-corrected chi connectivity index (χ3v) is 2.96. The number of carboxylic acids is 1. The Labute approximate surface area is 110 Å². The molecule has 1 aromatic heterocycles. The van der Waals surface area contributed by atoms with E-state index in [1.165, 1.54) is 13.8 Å². The minimum absolute atomic E-state index is 0.0601. The van der Waals surface area contributed by atoms with Gasteiger partial charge in [0, 0.05) is 6.20 Å². The van der Waals surface area contributed by atoms with Crippen molar-refractivity contribution in [3.63, 3.8) is 0 Å². The predicted octanol–water partition coefficient (Wildman–Crippen LogP) is -0.415. The Morgan fingerprint density at radius 1 is 1.44 bits per heavy atom. The third kappa shape index (κ3) is 2.70.